The number of rotatable bonds is 6. The molecule has 1 heterocycles. The molecule has 0 unspecified atom stereocenters. The second kappa shape index (κ2) is 6.27. The van der Waals surface area contributed by atoms with Crippen LogP contribution in [0.5, 0.6) is 0 Å². The first-order chi connectivity index (χ1) is 8.16. The van der Waals surface area contributed by atoms with Crippen molar-refractivity contribution in [2.24, 2.45) is 0 Å². The van der Waals surface area contributed by atoms with E-state index in [9.17, 15) is 9.59 Å². The molecule has 0 atom stereocenters. The molecule has 1 amide bonds. The summed E-state index contributed by atoms with van der Waals surface area (Å²) in [6.45, 7) is 0.395. The predicted octanol–water partition coefficient (Wildman–Crippen LogP) is 0.532. The van der Waals surface area contributed by atoms with Gasteiger partial charge in [-0.25, -0.2) is 9.78 Å². The number of imidazole rings is 1. The summed E-state index contributed by atoms with van der Waals surface area (Å²) in [4.78, 5) is 28.3. The number of aromatic nitrogens is 2. The number of aromatic carboxylic acids is 1. The first-order valence-corrected chi connectivity index (χ1v) is 5.08. The molecule has 1 rings (SSSR count). The first kappa shape index (κ1) is 12.7. The Morgan fingerprint density at radius 2 is 2.29 bits per heavy atom. The second-order valence-electron chi connectivity index (χ2n) is 3.30. The lowest BCUT2D eigenvalue weighted by Gasteiger charge is -2.02. The molecule has 17 heavy (non-hydrogen) atoms. The minimum Gasteiger partial charge on any atom is -0.477 e. The quantitative estimate of drug-likeness (QED) is 0.622. The highest BCUT2D eigenvalue weighted by Crippen LogP contribution is 2.02. The normalized spacial score (nSPS) is 9.59. The van der Waals surface area contributed by atoms with Crippen LogP contribution in [0.1, 0.15) is 40.2 Å². The lowest BCUT2D eigenvalue weighted by molar-refractivity contribution is 0.0685. The average Bonchev–Trinajstić information content (AvgIpc) is 2.77. The van der Waals surface area contributed by atoms with Gasteiger partial charge >= 0.3 is 5.97 Å². The van der Waals surface area contributed by atoms with Crippen molar-refractivity contribution in [3.63, 3.8) is 0 Å². The van der Waals surface area contributed by atoms with Crippen LogP contribution in [0.15, 0.2) is 6.33 Å². The van der Waals surface area contributed by atoms with Crippen molar-refractivity contribution in [3.05, 3.63) is 17.7 Å². The molecular formula is C10H12N4O3. The van der Waals surface area contributed by atoms with E-state index in [2.05, 4.69) is 15.3 Å². The third-order valence-electron chi connectivity index (χ3n) is 2.07. The van der Waals surface area contributed by atoms with Crippen molar-refractivity contribution in [2.75, 3.05) is 6.54 Å². The summed E-state index contributed by atoms with van der Waals surface area (Å²) in [6.07, 6.45) is 2.97. The number of amides is 1. The third-order valence-corrected chi connectivity index (χ3v) is 2.07. The van der Waals surface area contributed by atoms with Crippen LogP contribution in [0.2, 0.25) is 0 Å². The van der Waals surface area contributed by atoms with E-state index in [0.717, 1.165) is 6.33 Å². The summed E-state index contributed by atoms with van der Waals surface area (Å²) < 4.78 is 0. The van der Waals surface area contributed by atoms with Gasteiger partial charge in [0.1, 0.15) is 0 Å². The Morgan fingerprint density at radius 1 is 1.53 bits per heavy atom. The van der Waals surface area contributed by atoms with Gasteiger partial charge in [-0.1, -0.05) is 0 Å². The highest BCUT2D eigenvalue weighted by atomic mass is 16.4. The minimum absolute atomic E-state index is 0.127. The van der Waals surface area contributed by atoms with Gasteiger partial charge < -0.3 is 15.4 Å². The Hall–Kier alpha value is -2.36. The average molecular weight is 236 g/mol. The molecule has 0 radical (unpaired) electrons. The van der Waals surface area contributed by atoms with Crippen LogP contribution in [-0.4, -0.2) is 33.5 Å². The van der Waals surface area contributed by atoms with Gasteiger partial charge in [-0.05, 0) is 12.8 Å². The summed E-state index contributed by atoms with van der Waals surface area (Å²) in [5.74, 6) is -1.75. The van der Waals surface area contributed by atoms with Gasteiger partial charge in [0, 0.05) is 13.0 Å². The topological polar surface area (TPSA) is 119 Å². The summed E-state index contributed by atoms with van der Waals surface area (Å²) in [5, 5.41) is 19.6. The molecule has 0 aliphatic rings. The zero-order valence-corrected chi connectivity index (χ0v) is 9.06. The monoisotopic (exact) mass is 236 g/mol. The maximum Gasteiger partial charge on any atom is 0.354 e. The number of carboxylic acid groups (broad SMARTS) is 1. The zero-order valence-electron chi connectivity index (χ0n) is 9.06. The molecule has 0 spiro atoms. The molecule has 3 N–H and O–H groups in total. The molecule has 1 aromatic heterocycles. The summed E-state index contributed by atoms with van der Waals surface area (Å²) in [5.41, 5.74) is -0.350. The van der Waals surface area contributed by atoms with E-state index in [1.165, 1.54) is 0 Å². The number of carbonyl (C=O) groups excluding carboxylic acids is 1. The lowest BCUT2D eigenvalue weighted by Crippen LogP contribution is -2.26. The van der Waals surface area contributed by atoms with E-state index in [-0.39, 0.29) is 11.4 Å². The van der Waals surface area contributed by atoms with Gasteiger partial charge in [-0.15, -0.1) is 0 Å². The summed E-state index contributed by atoms with van der Waals surface area (Å²) >= 11 is 0. The molecule has 0 saturated carbocycles. The summed E-state index contributed by atoms with van der Waals surface area (Å²) in [7, 11) is 0. The van der Waals surface area contributed by atoms with Crippen LogP contribution >= 0.6 is 0 Å². The van der Waals surface area contributed by atoms with Gasteiger partial charge in [-0.3, -0.25) is 4.79 Å². The van der Waals surface area contributed by atoms with Crippen molar-refractivity contribution in [3.8, 4) is 6.07 Å². The van der Waals surface area contributed by atoms with Gasteiger partial charge in [-0.2, -0.15) is 5.26 Å². The second-order valence-corrected chi connectivity index (χ2v) is 3.30. The molecule has 0 aliphatic heterocycles. The molecule has 7 heteroatoms. The standard InChI is InChI=1S/C10H12N4O3/c11-4-2-1-3-5-12-9(15)7-8(10(16)17)14-6-13-7/h6H,1-3,5H2,(H,12,15)(H,13,14)(H,16,17). The number of hydrogen-bond donors (Lipinski definition) is 3. The van der Waals surface area contributed by atoms with Crippen molar-refractivity contribution in [2.45, 2.75) is 19.3 Å². The highest BCUT2D eigenvalue weighted by Gasteiger charge is 2.18. The Kier molecular flexibility index (Phi) is 4.69. The molecule has 1 aromatic rings. The SMILES string of the molecule is N#CCCCCNC(=O)c1nc[nH]c1C(=O)O. The molecular weight excluding hydrogens is 224 g/mol. The Bertz CT molecular complexity index is 447. The van der Waals surface area contributed by atoms with Gasteiger partial charge in [0.25, 0.3) is 5.91 Å². The van der Waals surface area contributed by atoms with Gasteiger partial charge in [0.15, 0.2) is 11.4 Å². The molecule has 0 aromatic carbocycles. The third kappa shape index (κ3) is 3.61. The zero-order chi connectivity index (χ0) is 12.7. The number of nitrogens with one attached hydrogen (secondary N) is 2. The van der Waals surface area contributed by atoms with Crippen molar-refractivity contribution in [1.82, 2.24) is 15.3 Å². The number of H-pyrrole nitrogens is 1. The van der Waals surface area contributed by atoms with Crippen molar-refractivity contribution < 1.29 is 14.7 Å². The number of nitriles is 1. The number of unbranched alkanes of at least 4 members (excludes halogenated alkanes) is 2. The van der Waals surface area contributed by atoms with Crippen LogP contribution in [0.3, 0.4) is 0 Å². The smallest absolute Gasteiger partial charge is 0.354 e. The van der Waals surface area contributed by atoms with E-state index < -0.39 is 11.9 Å². The van der Waals surface area contributed by atoms with Gasteiger partial charge in [0.05, 0.1) is 12.4 Å². The van der Waals surface area contributed by atoms with Gasteiger partial charge in [0.2, 0.25) is 0 Å². The van der Waals surface area contributed by atoms with E-state index in [1.54, 1.807) is 0 Å². The largest absolute Gasteiger partial charge is 0.477 e. The number of hydrogen-bond acceptors (Lipinski definition) is 4. The highest BCUT2D eigenvalue weighted by molar-refractivity contribution is 6.02. The number of nitrogens with zero attached hydrogens (tertiary/aromatic N) is 2. The van der Waals surface area contributed by atoms with Crippen molar-refractivity contribution in [1.29, 1.82) is 5.26 Å². The summed E-state index contributed by atoms with van der Waals surface area (Å²) in [6, 6.07) is 2.00. The molecule has 7 nitrogen and oxygen atoms in total. The molecule has 0 saturated heterocycles. The van der Waals surface area contributed by atoms with E-state index >= 15 is 0 Å². The lowest BCUT2D eigenvalue weighted by atomic mass is 10.2. The van der Waals surface area contributed by atoms with Crippen LogP contribution in [0.4, 0.5) is 0 Å². The predicted molar refractivity (Wildman–Crippen MR) is 57.3 cm³/mol. The van der Waals surface area contributed by atoms with E-state index in [1.807, 2.05) is 6.07 Å². The maximum atomic E-state index is 11.5. The minimum atomic E-state index is -1.22. The van der Waals surface area contributed by atoms with Crippen LogP contribution in [0.25, 0.3) is 0 Å². The van der Waals surface area contributed by atoms with Crippen LogP contribution in [-0.2, 0) is 0 Å². The molecule has 0 aliphatic carbocycles. The first-order valence-electron chi connectivity index (χ1n) is 5.08. The number of aromatic amines is 1. The Labute approximate surface area is 97.5 Å². The Morgan fingerprint density at radius 3 is 2.94 bits per heavy atom. The van der Waals surface area contributed by atoms with E-state index in [0.29, 0.717) is 25.8 Å². The number of carboxylic acids is 1. The maximum absolute atomic E-state index is 11.5. The fraction of sp³-hybridized carbons (Fsp3) is 0.400. The fourth-order valence-corrected chi connectivity index (χ4v) is 1.24. The van der Waals surface area contributed by atoms with Crippen LogP contribution < -0.4 is 5.32 Å². The molecule has 90 valence electrons. The Balaban J connectivity index is 2.45. The fourth-order valence-electron chi connectivity index (χ4n) is 1.24. The number of carbonyl (C=O) groups is 2. The van der Waals surface area contributed by atoms with Crippen molar-refractivity contribution >= 4 is 11.9 Å². The van der Waals surface area contributed by atoms with Crippen LogP contribution in [0, 0.1) is 11.3 Å². The van der Waals surface area contributed by atoms with E-state index in [4.69, 9.17) is 10.4 Å². The molecule has 0 bridgehead atoms. The molecule has 0 fully saturated rings.